The van der Waals surface area contributed by atoms with Crippen molar-refractivity contribution in [3.8, 4) is 0 Å². The van der Waals surface area contributed by atoms with Gasteiger partial charge in [-0.2, -0.15) is 0 Å². The van der Waals surface area contributed by atoms with Crippen LogP contribution in [0.2, 0.25) is 0 Å². The van der Waals surface area contributed by atoms with Gasteiger partial charge in [-0.25, -0.2) is 0 Å². The minimum absolute atomic E-state index is 1.10. The Labute approximate surface area is 101 Å². The number of aryl methyl sites for hydroxylation is 1. The molecular weight excluding hydrogens is 305 g/mol. The summed E-state index contributed by atoms with van der Waals surface area (Å²) in [5, 5.41) is 0. The summed E-state index contributed by atoms with van der Waals surface area (Å²) in [4.78, 5) is 5.01. The second kappa shape index (κ2) is 3.10. The molecule has 1 aliphatic carbocycles. The highest BCUT2D eigenvalue weighted by Gasteiger charge is 2.19. The van der Waals surface area contributed by atoms with Gasteiger partial charge in [-0.15, -0.1) is 11.3 Å². The zero-order valence-electron chi connectivity index (χ0n) is 7.86. The molecule has 0 aromatic carbocycles. The predicted octanol–water partition coefficient (Wildman–Crippen LogP) is 3.48. The van der Waals surface area contributed by atoms with Crippen molar-refractivity contribution in [1.82, 2.24) is 4.98 Å². The van der Waals surface area contributed by atoms with Crippen molar-refractivity contribution in [1.29, 1.82) is 0 Å². The number of thiophene rings is 1. The molecule has 72 valence electrons. The number of rotatable bonds is 0. The van der Waals surface area contributed by atoms with Gasteiger partial charge in [-0.3, -0.25) is 0 Å². The number of fused-ring (bicyclic) bond motifs is 2. The molecule has 1 nitrogen and oxygen atoms in total. The van der Waals surface area contributed by atoms with Crippen molar-refractivity contribution in [3.05, 3.63) is 42.4 Å². The molecule has 0 unspecified atom stereocenters. The van der Waals surface area contributed by atoms with E-state index in [1.807, 2.05) is 11.3 Å². The zero-order valence-corrected chi connectivity index (χ0v) is 10.8. The fraction of sp³-hybridized carbons (Fsp3) is 0.273. The van der Waals surface area contributed by atoms with E-state index in [2.05, 4.69) is 46.6 Å². The summed E-state index contributed by atoms with van der Waals surface area (Å²) in [6.07, 6.45) is 2.22. The molecular formula is C11H10INS. The van der Waals surface area contributed by atoms with Crippen LogP contribution in [0.25, 0.3) is 0 Å². The molecule has 0 amide bonds. The van der Waals surface area contributed by atoms with Crippen molar-refractivity contribution in [2.45, 2.75) is 19.8 Å². The lowest BCUT2D eigenvalue weighted by molar-refractivity contribution is 0.991. The highest BCUT2D eigenvalue weighted by molar-refractivity contribution is 14.1. The first-order chi connectivity index (χ1) is 6.72. The monoisotopic (exact) mass is 315 g/mol. The number of halogens is 1. The number of aromatic amines is 1. The number of hydrogen-bond donors (Lipinski definition) is 1. The second-order valence-electron chi connectivity index (χ2n) is 3.81. The van der Waals surface area contributed by atoms with Crippen molar-refractivity contribution >= 4 is 33.9 Å². The molecule has 0 atom stereocenters. The molecule has 14 heavy (non-hydrogen) atoms. The summed E-state index contributed by atoms with van der Waals surface area (Å²) >= 11 is 4.35. The maximum Gasteiger partial charge on any atom is 0.0659 e. The van der Waals surface area contributed by atoms with Gasteiger partial charge >= 0.3 is 0 Å². The summed E-state index contributed by atoms with van der Waals surface area (Å²) in [5.41, 5.74) is 5.73. The smallest absolute Gasteiger partial charge is 0.0659 e. The first kappa shape index (κ1) is 8.97. The maximum atomic E-state index is 3.45. The molecule has 0 radical (unpaired) electrons. The lowest BCUT2D eigenvalue weighted by Gasteiger charge is -2.10. The van der Waals surface area contributed by atoms with E-state index in [9.17, 15) is 0 Å². The summed E-state index contributed by atoms with van der Waals surface area (Å²) < 4.78 is 1.41. The van der Waals surface area contributed by atoms with Crippen LogP contribution in [-0.4, -0.2) is 4.98 Å². The van der Waals surface area contributed by atoms with Gasteiger partial charge < -0.3 is 4.98 Å². The van der Waals surface area contributed by atoms with Gasteiger partial charge in [0.05, 0.1) is 2.88 Å². The van der Waals surface area contributed by atoms with E-state index in [0.29, 0.717) is 0 Å². The Morgan fingerprint density at radius 2 is 2.14 bits per heavy atom. The van der Waals surface area contributed by atoms with Crippen LogP contribution in [0.3, 0.4) is 0 Å². The van der Waals surface area contributed by atoms with Gasteiger partial charge in [0.15, 0.2) is 0 Å². The third kappa shape index (κ3) is 1.34. The Balaban J connectivity index is 2.10. The molecule has 2 aromatic rings. The van der Waals surface area contributed by atoms with Crippen LogP contribution in [0, 0.1) is 9.81 Å². The second-order valence-corrected chi connectivity index (χ2v) is 6.84. The first-order valence-electron chi connectivity index (χ1n) is 4.67. The van der Waals surface area contributed by atoms with Crippen LogP contribution in [0.5, 0.6) is 0 Å². The average molecular weight is 315 g/mol. The molecule has 3 heteroatoms. The SMILES string of the molecule is Cc1cc2c([nH]1)Cc1cc(I)sc1C2. The molecule has 1 N–H and O–H groups in total. The van der Waals surface area contributed by atoms with Gasteiger partial charge in [-0.1, -0.05) is 0 Å². The molecule has 2 heterocycles. The Bertz CT molecular complexity index is 410. The Hall–Kier alpha value is -0.290. The molecule has 3 rings (SSSR count). The minimum atomic E-state index is 1.10. The minimum Gasteiger partial charge on any atom is -0.362 e. The molecule has 0 saturated heterocycles. The van der Waals surface area contributed by atoms with E-state index < -0.39 is 0 Å². The molecule has 0 saturated carbocycles. The van der Waals surface area contributed by atoms with Gasteiger partial charge in [0, 0.05) is 29.1 Å². The molecule has 0 aliphatic heterocycles. The van der Waals surface area contributed by atoms with Crippen molar-refractivity contribution in [3.63, 3.8) is 0 Å². The zero-order chi connectivity index (χ0) is 9.71. The normalized spacial score (nSPS) is 13.9. The molecule has 0 spiro atoms. The van der Waals surface area contributed by atoms with E-state index in [1.165, 1.54) is 25.4 Å². The number of aromatic nitrogens is 1. The Morgan fingerprint density at radius 1 is 1.29 bits per heavy atom. The van der Waals surface area contributed by atoms with Crippen LogP contribution < -0.4 is 0 Å². The van der Waals surface area contributed by atoms with Crippen LogP contribution >= 0.6 is 33.9 Å². The van der Waals surface area contributed by atoms with E-state index in [0.717, 1.165) is 12.8 Å². The Morgan fingerprint density at radius 3 is 3.00 bits per heavy atom. The van der Waals surface area contributed by atoms with Crippen molar-refractivity contribution < 1.29 is 0 Å². The van der Waals surface area contributed by atoms with E-state index in [-0.39, 0.29) is 0 Å². The Kier molecular flexibility index (Phi) is 1.99. The summed E-state index contributed by atoms with van der Waals surface area (Å²) in [7, 11) is 0. The highest BCUT2D eigenvalue weighted by Crippen LogP contribution is 2.33. The number of H-pyrrole nitrogens is 1. The lowest BCUT2D eigenvalue weighted by atomic mass is 9.97. The van der Waals surface area contributed by atoms with Gasteiger partial charge in [-0.05, 0) is 52.8 Å². The van der Waals surface area contributed by atoms with E-state index in [1.54, 1.807) is 4.88 Å². The van der Waals surface area contributed by atoms with Crippen LogP contribution in [0.1, 0.15) is 27.4 Å². The van der Waals surface area contributed by atoms with E-state index in [4.69, 9.17) is 0 Å². The summed E-state index contributed by atoms with van der Waals surface area (Å²) in [6.45, 7) is 2.14. The van der Waals surface area contributed by atoms with Gasteiger partial charge in [0.25, 0.3) is 0 Å². The molecule has 0 fully saturated rings. The summed E-state index contributed by atoms with van der Waals surface area (Å²) in [5.74, 6) is 0. The quantitative estimate of drug-likeness (QED) is 0.611. The van der Waals surface area contributed by atoms with Gasteiger partial charge in [0.1, 0.15) is 0 Å². The van der Waals surface area contributed by atoms with Crippen molar-refractivity contribution in [2.75, 3.05) is 0 Å². The number of hydrogen-bond acceptors (Lipinski definition) is 1. The average Bonchev–Trinajstić information content (AvgIpc) is 2.59. The standard InChI is InChI=1S/C11H10INS/c1-6-2-7-4-10-8(3-9(7)13-6)5-11(12)14-10/h2,5,13H,3-4H2,1H3. The first-order valence-corrected chi connectivity index (χ1v) is 6.56. The maximum absolute atomic E-state index is 3.45. The number of nitrogens with one attached hydrogen (secondary N) is 1. The third-order valence-electron chi connectivity index (χ3n) is 2.71. The van der Waals surface area contributed by atoms with Crippen LogP contribution in [0.4, 0.5) is 0 Å². The third-order valence-corrected chi connectivity index (χ3v) is 4.65. The topological polar surface area (TPSA) is 15.8 Å². The fourth-order valence-electron chi connectivity index (χ4n) is 2.11. The largest absolute Gasteiger partial charge is 0.362 e. The predicted molar refractivity (Wildman–Crippen MR) is 68.2 cm³/mol. The summed E-state index contributed by atoms with van der Waals surface area (Å²) in [6, 6.07) is 4.60. The molecule has 2 aromatic heterocycles. The van der Waals surface area contributed by atoms with Gasteiger partial charge in [0.2, 0.25) is 0 Å². The van der Waals surface area contributed by atoms with Crippen LogP contribution in [0.15, 0.2) is 12.1 Å². The molecule has 0 bridgehead atoms. The lowest BCUT2D eigenvalue weighted by Crippen LogP contribution is -2.02. The highest BCUT2D eigenvalue weighted by atomic mass is 127. The van der Waals surface area contributed by atoms with Crippen molar-refractivity contribution in [2.24, 2.45) is 0 Å². The molecule has 1 aliphatic rings. The van der Waals surface area contributed by atoms with Crippen LogP contribution in [-0.2, 0) is 12.8 Å². The van der Waals surface area contributed by atoms with E-state index >= 15 is 0 Å². The fourth-order valence-corrected chi connectivity index (χ4v) is 4.21.